The highest BCUT2D eigenvalue weighted by atomic mass is 35.5. The molecule has 1 aromatic carbocycles. The van der Waals surface area contributed by atoms with Gasteiger partial charge in [0.2, 0.25) is 11.7 Å². The molecule has 4 saturated carbocycles. The maximum Gasteiger partial charge on any atom is 0.374 e. The van der Waals surface area contributed by atoms with Crippen LogP contribution in [0.5, 0.6) is 5.88 Å². The van der Waals surface area contributed by atoms with Crippen LogP contribution >= 0.6 is 23.2 Å². The highest BCUT2D eigenvalue weighted by Crippen LogP contribution is 2.55. The highest BCUT2D eigenvalue weighted by Gasteiger charge is 2.48. The molecule has 222 valence electrons. The molecule has 11 heteroatoms. The van der Waals surface area contributed by atoms with E-state index in [1.807, 2.05) is 18.2 Å². The first kappa shape index (κ1) is 28.3. The zero-order valence-corrected chi connectivity index (χ0v) is 25.1. The SMILES string of the molecule is COc1nc(C(=O)O)nc2ccc(/C=C/C34CCC(OCc5c(-c6c(Cl)cncc6Cl)noc5C5CC5)(CC3)CC4)cc12. The Morgan fingerprint density at radius 3 is 2.47 bits per heavy atom. The van der Waals surface area contributed by atoms with Gasteiger partial charge in [0.05, 0.1) is 40.3 Å². The summed E-state index contributed by atoms with van der Waals surface area (Å²) in [5, 5.41) is 15.3. The number of methoxy groups -OCH3 is 1. The predicted molar refractivity (Wildman–Crippen MR) is 161 cm³/mol. The van der Waals surface area contributed by atoms with Crippen LogP contribution in [0.1, 0.15) is 84.8 Å². The number of nitrogens with zero attached hydrogens (tertiary/aromatic N) is 4. The minimum absolute atomic E-state index is 0.118. The molecule has 8 rings (SSSR count). The van der Waals surface area contributed by atoms with E-state index in [1.165, 1.54) is 7.11 Å². The Kier molecular flexibility index (Phi) is 7.15. The first-order chi connectivity index (χ1) is 20.8. The summed E-state index contributed by atoms with van der Waals surface area (Å²) in [6, 6.07) is 5.70. The lowest BCUT2D eigenvalue weighted by Crippen LogP contribution is -2.46. The molecule has 9 nitrogen and oxygen atoms in total. The summed E-state index contributed by atoms with van der Waals surface area (Å²) in [6.45, 7) is 0.410. The minimum atomic E-state index is -1.19. The van der Waals surface area contributed by atoms with Crippen molar-refractivity contribution in [2.45, 2.75) is 69.5 Å². The summed E-state index contributed by atoms with van der Waals surface area (Å²) in [4.78, 5) is 23.7. The van der Waals surface area contributed by atoms with Crippen molar-refractivity contribution in [2.24, 2.45) is 5.41 Å². The second-order valence-electron chi connectivity index (χ2n) is 11.9. The molecule has 3 aromatic heterocycles. The van der Waals surface area contributed by atoms with Crippen LogP contribution < -0.4 is 4.74 Å². The van der Waals surface area contributed by atoms with Crippen LogP contribution in [-0.4, -0.2) is 43.9 Å². The number of allylic oxidation sites excluding steroid dienone is 1. The van der Waals surface area contributed by atoms with Crippen LogP contribution in [0.3, 0.4) is 0 Å². The molecule has 0 unspecified atom stereocenters. The van der Waals surface area contributed by atoms with Crippen LogP contribution in [0.2, 0.25) is 10.0 Å². The third-order valence-corrected chi connectivity index (χ3v) is 9.89. The van der Waals surface area contributed by atoms with Crippen molar-refractivity contribution in [1.82, 2.24) is 20.1 Å². The summed E-state index contributed by atoms with van der Waals surface area (Å²) >= 11 is 13.0. The second-order valence-corrected chi connectivity index (χ2v) is 12.7. The van der Waals surface area contributed by atoms with Crippen molar-refractivity contribution >= 4 is 46.2 Å². The third-order valence-electron chi connectivity index (χ3n) is 9.31. The summed E-state index contributed by atoms with van der Waals surface area (Å²) in [6.07, 6.45) is 15.9. The average Bonchev–Trinajstić information content (AvgIpc) is 3.79. The first-order valence-corrected chi connectivity index (χ1v) is 15.2. The van der Waals surface area contributed by atoms with E-state index in [1.54, 1.807) is 12.4 Å². The lowest BCUT2D eigenvalue weighted by Gasteiger charge is -2.52. The largest absolute Gasteiger partial charge is 0.480 e. The van der Waals surface area contributed by atoms with Gasteiger partial charge in [0.25, 0.3) is 0 Å². The standard InChI is InChI=1S/C32H30Cl2N4O5/c1-41-29-20-14-18(2-5-24(20)36-28(37-29)30(39)40)6-7-31-8-11-32(12-9-31,13-10-31)42-17-21-26(38-43-27(21)19-3-4-19)25-22(33)15-35-16-23(25)34/h2,5-7,14-16,19H,3-4,8-13,17H2,1H3,(H,39,40)/b7-6+. The number of carboxylic acids is 1. The Morgan fingerprint density at radius 2 is 1.81 bits per heavy atom. The van der Waals surface area contributed by atoms with Gasteiger partial charge >= 0.3 is 5.97 Å². The van der Waals surface area contributed by atoms with Crippen LogP contribution in [0.25, 0.3) is 28.2 Å². The van der Waals surface area contributed by atoms with Crippen molar-refractivity contribution in [3.8, 4) is 17.1 Å². The van der Waals surface area contributed by atoms with Gasteiger partial charge < -0.3 is 19.1 Å². The van der Waals surface area contributed by atoms with Gasteiger partial charge in [0.1, 0.15) is 11.5 Å². The molecule has 0 saturated heterocycles. The van der Waals surface area contributed by atoms with Crippen molar-refractivity contribution in [3.63, 3.8) is 0 Å². The minimum Gasteiger partial charge on any atom is -0.480 e. The summed E-state index contributed by atoms with van der Waals surface area (Å²) in [5.74, 6) is 0.0348. The molecule has 0 aliphatic heterocycles. The van der Waals surface area contributed by atoms with E-state index < -0.39 is 5.97 Å². The quantitative estimate of drug-likeness (QED) is 0.199. The third kappa shape index (κ3) is 5.28. The Bertz CT molecular complexity index is 1720. The number of benzene rings is 1. The molecule has 43 heavy (non-hydrogen) atoms. The normalized spacial score (nSPS) is 23.3. The summed E-state index contributed by atoms with van der Waals surface area (Å²) in [7, 11) is 1.48. The van der Waals surface area contributed by atoms with Crippen LogP contribution in [0, 0.1) is 5.41 Å². The second kappa shape index (κ2) is 10.9. The fraction of sp³-hybridized carbons (Fsp3) is 0.406. The fourth-order valence-electron chi connectivity index (χ4n) is 6.58. The molecule has 4 aromatic rings. The van der Waals surface area contributed by atoms with Crippen molar-refractivity contribution in [2.75, 3.05) is 7.11 Å². The average molecular weight is 622 g/mol. The monoisotopic (exact) mass is 620 g/mol. The Morgan fingerprint density at radius 1 is 1.09 bits per heavy atom. The van der Waals surface area contributed by atoms with E-state index in [0.717, 1.165) is 68.3 Å². The molecule has 0 radical (unpaired) electrons. The molecule has 4 fully saturated rings. The smallest absolute Gasteiger partial charge is 0.374 e. The molecule has 0 amide bonds. The Labute approximate surface area is 258 Å². The van der Waals surface area contributed by atoms with Crippen molar-refractivity contribution in [1.29, 1.82) is 0 Å². The summed E-state index contributed by atoms with van der Waals surface area (Å²) in [5.41, 5.74) is 3.70. The Hall–Kier alpha value is -3.53. The molecule has 2 bridgehead atoms. The summed E-state index contributed by atoms with van der Waals surface area (Å²) < 4.78 is 18.0. The number of hydrogen-bond acceptors (Lipinski definition) is 8. The maximum absolute atomic E-state index is 11.4. The molecule has 4 aliphatic rings. The van der Waals surface area contributed by atoms with E-state index in [0.29, 0.717) is 44.7 Å². The highest BCUT2D eigenvalue weighted by molar-refractivity contribution is 6.38. The number of carboxylic acid groups (broad SMARTS) is 1. The zero-order chi connectivity index (χ0) is 29.8. The number of aromatic carboxylic acids is 1. The number of ether oxygens (including phenoxy) is 2. The van der Waals surface area contributed by atoms with Crippen LogP contribution in [-0.2, 0) is 11.3 Å². The van der Waals surface area contributed by atoms with Gasteiger partial charge in [0.15, 0.2) is 0 Å². The van der Waals surface area contributed by atoms with Gasteiger partial charge in [-0.2, -0.15) is 4.98 Å². The number of aromatic nitrogens is 4. The van der Waals surface area contributed by atoms with E-state index >= 15 is 0 Å². The lowest BCUT2D eigenvalue weighted by atomic mass is 9.58. The van der Waals surface area contributed by atoms with Crippen molar-refractivity contribution < 1.29 is 23.9 Å². The number of halogens is 2. The molecule has 1 N–H and O–H groups in total. The topological polar surface area (TPSA) is 120 Å². The van der Waals surface area contributed by atoms with Gasteiger partial charge in [-0.05, 0) is 74.5 Å². The fourth-order valence-corrected chi connectivity index (χ4v) is 7.12. The molecule has 0 spiro atoms. The zero-order valence-electron chi connectivity index (χ0n) is 23.6. The number of carbonyl (C=O) groups is 1. The van der Waals surface area contributed by atoms with Gasteiger partial charge in [0, 0.05) is 29.4 Å². The van der Waals surface area contributed by atoms with E-state index in [-0.39, 0.29) is 22.7 Å². The van der Waals surface area contributed by atoms with Gasteiger partial charge in [-0.1, -0.05) is 46.6 Å². The van der Waals surface area contributed by atoms with Gasteiger partial charge in [-0.3, -0.25) is 4.98 Å². The number of rotatable bonds is 9. The molecular weight excluding hydrogens is 591 g/mol. The molecular formula is C32H30Cl2N4O5. The number of fused-ring (bicyclic) bond motifs is 4. The number of pyridine rings is 1. The lowest BCUT2D eigenvalue weighted by molar-refractivity contribution is -0.133. The van der Waals surface area contributed by atoms with E-state index in [4.69, 9.17) is 37.2 Å². The Balaban J connectivity index is 1.07. The van der Waals surface area contributed by atoms with Crippen LogP contribution in [0.15, 0.2) is 41.2 Å². The molecule has 3 heterocycles. The van der Waals surface area contributed by atoms with Gasteiger partial charge in [-0.25, -0.2) is 9.78 Å². The predicted octanol–water partition coefficient (Wildman–Crippen LogP) is 7.89. The van der Waals surface area contributed by atoms with E-state index in [2.05, 4.69) is 32.3 Å². The first-order valence-electron chi connectivity index (χ1n) is 14.5. The van der Waals surface area contributed by atoms with Crippen LogP contribution in [0.4, 0.5) is 0 Å². The molecule has 4 aliphatic carbocycles. The van der Waals surface area contributed by atoms with E-state index in [9.17, 15) is 9.90 Å². The maximum atomic E-state index is 11.4. The molecule has 0 atom stereocenters. The van der Waals surface area contributed by atoms with Gasteiger partial charge in [-0.15, -0.1) is 0 Å². The number of hydrogen-bond donors (Lipinski definition) is 1. The van der Waals surface area contributed by atoms with Crippen molar-refractivity contribution in [3.05, 3.63) is 69.4 Å².